The lowest BCUT2D eigenvalue weighted by molar-refractivity contribution is -0.142. The molecule has 1 aromatic heterocycles. The summed E-state index contributed by atoms with van der Waals surface area (Å²) in [5, 5.41) is 9.13. The van der Waals surface area contributed by atoms with Gasteiger partial charge in [-0.25, -0.2) is 4.79 Å². The predicted octanol–water partition coefficient (Wildman–Crippen LogP) is 1.63. The van der Waals surface area contributed by atoms with Gasteiger partial charge in [-0.1, -0.05) is 6.42 Å². The summed E-state index contributed by atoms with van der Waals surface area (Å²) in [5.41, 5.74) is 0.796. The van der Waals surface area contributed by atoms with Gasteiger partial charge < -0.3 is 14.4 Å². The molecular formula is C12H15NO4. The third-order valence-electron chi connectivity index (χ3n) is 3.19. The Morgan fingerprint density at radius 3 is 2.88 bits per heavy atom. The summed E-state index contributed by atoms with van der Waals surface area (Å²) in [6.07, 6.45) is 4.24. The number of nitrogens with zero attached hydrogens (tertiary/aromatic N) is 1. The van der Waals surface area contributed by atoms with Crippen LogP contribution >= 0.6 is 0 Å². The Morgan fingerprint density at radius 1 is 1.47 bits per heavy atom. The summed E-state index contributed by atoms with van der Waals surface area (Å²) in [4.78, 5) is 22.9. The van der Waals surface area contributed by atoms with Crippen LogP contribution in [0, 0.1) is 0 Å². The molecule has 0 saturated heterocycles. The molecule has 0 radical (unpaired) electrons. The molecule has 0 saturated carbocycles. The quantitative estimate of drug-likeness (QED) is 0.794. The molecule has 1 atom stereocenters. The number of carboxylic acids is 1. The zero-order chi connectivity index (χ0) is 12.4. The van der Waals surface area contributed by atoms with Crippen molar-refractivity contribution < 1.29 is 19.4 Å². The largest absolute Gasteiger partial charge is 0.478 e. The van der Waals surface area contributed by atoms with E-state index in [4.69, 9.17) is 9.84 Å². The van der Waals surface area contributed by atoms with E-state index in [2.05, 4.69) is 0 Å². The SMILES string of the molecule is COC(=O)C1CCCCn2ccc(C(=O)O)c21. The molecule has 0 amide bonds. The summed E-state index contributed by atoms with van der Waals surface area (Å²) in [5.74, 6) is -1.80. The molecule has 1 aromatic rings. The Bertz CT molecular complexity index is 449. The molecule has 92 valence electrons. The molecule has 0 aliphatic carbocycles. The fourth-order valence-electron chi connectivity index (χ4n) is 2.39. The number of aryl methyl sites for hydroxylation is 1. The van der Waals surface area contributed by atoms with Crippen molar-refractivity contribution in [2.24, 2.45) is 0 Å². The molecule has 0 bridgehead atoms. The fraction of sp³-hybridized carbons (Fsp3) is 0.500. The first-order valence-corrected chi connectivity index (χ1v) is 5.65. The lowest BCUT2D eigenvalue weighted by Crippen LogP contribution is -2.18. The minimum absolute atomic E-state index is 0.210. The van der Waals surface area contributed by atoms with Crippen LogP contribution in [0.1, 0.15) is 41.2 Å². The van der Waals surface area contributed by atoms with Crippen LogP contribution in [0.3, 0.4) is 0 Å². The maximum absolute atomic E-state index is 11.7. The monoisotopic (exact) mass is 237 g/mol. The van der Waals surface area contributed by atoms with E-state index in [1.807, 2.05) is 4.57 Å². The van der Waals surface area contributed by atoms with Gasteiger partial charge in [-0.2, -0.15) is 0 Å². The van der Waals surface area contributed by atoms with Crippen molar-refractivity contribution in [3.05, 3.63) is 23.5 Å². The van der Waals surface area contributed by atoms with Gasteiger partial charge in [0.25, 0.3) is 0 Å². The van der Waals surface area contributed by atoms with Gasteiger partial charge >= 0.3 is 11.9 Å². The van der Waals surface area contributed by atoms with Crippen LogP contribution in [-0.4, -0.2) is 28.7 Å². The van der Waals surface area contributed by atoms with Crippen molar-refractivity contribution >= 4 is 11.9 Å². The highest BCUT2D eigenvalue weighted by Gasteiger charge is 2.30. The van der Waals surface area contributed by atoms with E-state index in [-0.39, 0.29) is 11.5 Å². The van der Waals surface area contributed by atoms with Gasteiger partial charge in [-0.15, -0.1) is 0 Å². The molecule has 0 spiro atoms. The first kappa shape index (κ1) is 11.7. The van der Waals surface area contributed by atoms with Gasteiger partial charge in [0.2, 0.25) is 0 Å². The van der Waals surface area contributed by atoms with Gasteiger partial charge in [-0.05, 0) is 18.9 Å². The second kappa shape index (κ2) is 4.61. The third kappa shape index (κ3) is 2.05. The van der Waals surface area contributed by atoms with E-state index >= 15 is 0 Å². The van der Waals surface area contributed by atoms with Crippen LogP contribution < -0.4 is 0 Å². The van der Waals surface area contributed by atoms with Gasteiger partial charge in [0.15, 0.2) is 0 Å². The van der Waals surface area contributed by atoms with Gasteiger partial charge in [-0.3, -0.25) is 4.79 Å². The van der Waals surface area contributed by atoms with Gasteiger partial charge in [0.1, 0.15) is 0 Å². The Hall–Kier alpha value is -1.78. The average Bonchev–Trinajstić information content (AvgIpc) is 2.62. The Balaban J connectivity index is 2.48. The zero-order valence-corrected chi connectivity index (χ0v) is 9.68. The molecule has 5 nitrogen and oxygen atoms in total. The second-order valence-corrected chi connectivity index (χ2v) is 4.18. The Labute approximate surface area is 99.0 Å². The number of carbonyl (C=O) groups excluding carboxylic acids is 1. The maximum Gasteiger partial charge on any atom is 0.337 e. The molecule has 1 aliphatic heterocycles. The molecule has 1 unspecified atom stereocenters. The van der Waals surface area contributed by atoms with Crippen LogP contribution in [0.5, 0.6) is 0 Å². The first-order chi connectivity index (χ1) is 8.15. The van der Waals surface area contributed by atoms with Crippen LogP contribution in [0.25, 0.3) is 0 Å². The smallest absolute Gasteiger partial charge is 0.337 e. The van der Waals surface area contributed by atoms with Crippen LogP contribution in [-0.2, 0) is 16.1 Å². The standard InChI is InChI=1S/C12H15NO4/c1-17-12(16)9-4-2-3-6-13-7-5-8(10(9)13)11(14)15/h5,7,9H,2-4,6H2,1H3,(H,14,15). The number of aromatic nitrogens is 1. The molecule has 5 heteroatoms. The molecule has 1 aliphatic rings. The van der Waals surface area contributed by atoms with Crippen molar-refractivity contribution in [2.45, 2.75) is 31.7 Å². The van der Waals surface area contributed by atoms with Crippen molar-refractivity contribution in [3.63, 3.8) is 0 Å². The van der Waals surface area contributed by atoms with Crippen LogP contribution in [0.2, 0.25) is 0 Å². The van der Waals surface area contributed by atoms with E-state index in [1.54, 1.807) is 12.3 Å². The molecule has 2 heterocycles. The highest BCUT2D eigenvalue weighted by atomic mass is 16.5. The number of hydrogen-bond donors (Lipinski definition) is 1. The number of rotatable bonds is 2. The highest BCUT2D eigenvalue weighted by molar-refractivity contribution is 5.92. The Morgan fingerprint density at radius 2 is 2.24 bits per heavy atom. The van der Waals surface area contributed by atoms with Crippen LogP contribution in [0.15, 0.2) is 12.3 Å². The molecule has 0 fully saturated rings. The fourth-order valence-corrected chi connectivity index (χ4v) is 2.39. The Kier molecular flexibility index (Phi) is 3.17. The van der Waals surface area contributed by atoms with Gasteiger partial charge in [0, 0.05) is 18.4 Å². The predicted molar refractivity (Wildman–Crippen MR) is 60.0 cm³/mol. The van der Waals surface area contributed by atoms with E-state index in [0.29, 0.717) is 12.1 Å². The summed E-state index contributed by atoms with van der Waals surface area (Å²) in [6.45, 7) is 0.760. The number of aromatic carboxylic acids is 1. The van der Waals surface area contributed by atoms with E-state index < -0.39 is 11.9 Å². The lowest BCUT2D eigenvalue weighted by atomic mass is 9.97. The molecular weight excluding hydrogens is 222 g/mol. The van der Waals surface area contributed by atoms with Gasteiger partial charge in [0.05, 0.1) is 18.6 Å². The summed E-state index contributed by atoms with van der Waals surface area (Å²) in [6, 6.07) is 1.55. The van der Waals surface area contributed by atoms with Crippen molar-refractivity contribution in [1.29, 1.82) is 0 Å². The summed E-state index contributed by atoms with van der Waals surface area (Å²) in [7, 11) is 1.33. The van der Waals surface area contributed by atoms with Crippen LogP contribution in [0.4, 0.5) is 0 Å². The molecule has 0 aromatic carbocycles. The van der Waals surface area contributed by atoms with Crippen molar-refractivity contribution in [1.82, 2.24) is 4.57 Å². The van der Waals surface area contributed by atoms with E-state index in [9.17, 15) is 9.59 Å². The molecule has 2 rings (SSSR count). The zero-order valence-electron chi connectivity index (χ0n) is 9.68. The summed E-state index contributed by atoms with van der Waals surface area (Å²) < 4.78 is 6.62. The van der Waals surface area contributed by atoms with E-state index in [0.717, 1.165) is 19.4 Å². The minimum atomic E-state index is -0.991. The number of carbonyl (C=O) groups is 2. The second-order valence-electron chi connectivity index (χ2n) is 4.18. The summed E-state index contributed by atoms with van der Waals surface area (Å²) >= 11 is 0. The third-order valence-corrected chi connectivity index (χ3v) is 3.19. The number of ether oxygens (including phenoxy) is 1. The van der Waals surface area contributed by atoms with Crippen molar-refractivity contribution in [2.75, 3.05) is 7.11 Å². The maximum atomic E-state index is 11.7. The number of esters is 1. The lowest BCUT2D eigenvalue weighted by Gasteiger charge is -2.14. The minimum Gasteiger partial charge on any atom is -0.478 e. The number of carboxylic acid groups (broad SMARTS) is 1. The van der Waals surface area contributed by atoms with E-state index in [1.165, 1.54) is 7.11 Å². The average molecular weight is 237 g/mol. The molecule has 17 heavy (non-hydrogen) atoms. The van der Waals surface area contributed by atoms with Crippen molar-refractivity contribution in [3.8, 4) is 0 Å². The number of methoxy groups -OCH3 is 1. The normalized spacial score (nSPS) is 19.2. The molecule has 1 N–H and O–H groups in total. The number of hydrogen-bond acceptors (Lipinski definition) is 3. The topological polar surface area (TPSA) is 68.5 Å². The highest BCUT2D eigenvalue weighted by Crippen LogP contribution is 2.31. The number of fused-ring (bicyclic) bond motifs is 1. The first-order valence-electron chi connectivity index (χ1n) is 5.65.